The molecule has 2 aromatic rings. The molecular formula is C26H29NO3Si. The summed E-state index contributed by atoms with van der Waals surface area (Å²) in [6.07, 6.45) is 3.96. The Morgan fingerprint density at radius 3 is 2.52 bits per heavy atom. The van der Waals surface area contributed by atoms with Crippen LogP contribution in [0.3, 0.4) is 0 Å². The molecule has 0 radical (unpaired) electrons. The van der Waals surface area contributed by atoms with E-state index in [1.165, 1.54) is 0 Å². The van der Waals surface area contributed by atoms with E-state index >= 15 is 0 Å². The zero-order valence-corrected chi connectivity index (χ0v) is 19.3. The number of hydrogen-bond acceptors (Lipinski definition) is 3. The molecule has 0 saturated heterocycles. The van der Waals surface area contributed by atoms with Gasteiger partial charge in [-0.25, -0.2) is 4.79 Å². The van der Waals surface area contributed by atoms with Gasteiger partial charge in [-0.2, -0.15) is 0 Å². The SMILES string of the molecule is C=CC[C@H](CO)C1=C[C@H](C#C[Si](C)(C)C)N(C(=O)Oc2ccccc2)c2ccccc21. The zero-order chi connectivity index (χ0) is 22.4. The fraction of sp³-hybridized carbons (Fsp3) is 0.269. The number of allylic oxidation sites excluding steroid dienone is 1. The monoisotopic (exact) mass is 431 g/mol. The van der Waals surface area contributed by atoms with Gasteiger partial charge in [0, 0.05) is 11.5 Å². The first-order chi connectivity index (χ1) is 14.8. The summed E-state index contributed by atoms with van der Waals surface area (Å²) in [6, 6.07) is 16.3. The van der Waals surface area contributed by atoms with Gasteiger partial charge < -0.3 is 9.84 Å². The highest BCUT2D eigenvalue weighted by Crippen LogP contribution is 2.39. The maximum absolute atomic E-state index is 13.3. The summed E-state index contributed by atoms with van der Waals surface area (Å²) in [7, 11) is -1.68. The fourth-order valence-corrected chi connectivity index (χ4v) is 4.10. The Hall–Kier alpha value is -3.07. The third-order valence-corrected chi connectivity index (χ3v) is 5.84. The van der Waals surface area contributed by atoms with E-state index in [2.05, 4.69) is 37.7 Å². The molecule has 2 atom stereocenters. The molecule has 5 heteroatoms. The Balaban J connectivity index is 2.10. The summed E-state index contributed by atoms with van der Waals surface area (Å²) in [6.45, 7) is 10.3. The van der Waals surface area contributed by atoms with Crippen LogP contribution in [-0.2, 0) is 0 Å². The van der Waals surface area contributed by atoms with Gasteiger partial charge in [0.05, 0.1) is 12.3 Å². The predicted molar refractivity (Wildman–Crippen MR) is 130 cm³/mol. The molecular weight excluding hydrogens is 402 g/mol. The van der Waals surface area contributed by atoms with Gasteiger partial charge in [-0.05, 0) is 36.3 Å². The summed E-state index contributed by atoms with van der Waals surface area (Å²) in [5, 5.41) is 10.0. The van der Waals surface area contributed by atoms with Gasteiger partial charge in [-0.15, -0.1) is 12.1 Å². The maximum Gasteiger partial charge on any atom is 0.421 e. The Morgan fingerprint density at radius 2 is 1.87 bits per heavy atom. The lowest BCUT2D eigenvalue weighted by Crippen LogP contribution is -2.43. The lowest BCUT2D eigenvalue weighted by atomic mass is 9.85. The molecule has 0 spiro atoms. The summed E-state index contributed by atoms with van der Waals surface area (Å²) >= 11 is 0. The lowest BCUT2D eigenvalue weighted by molar-refractivity contribution is 0.207. The van der Waals surface area contributed by atoms with E-state index in [4.69, 9.17) is 4.74 Å². The van der Waals surface area contributed by atoms with Crippen LogP contribution < -0.4 is 9.64 Å². The minimum absolute atomic E-state index is 0.00514. The predicted octanol–water partition coefficient (Wildman–Crippen LogP) is 5.52. The van der Waals surface area contributed by atoms with E-state index in [-0.39, 0.29) is 12.5 Å². The number of carbonyl (C=O) groups excluding carboxylic acids is 1. The van der Waals surface area contributed by atoms with E-state index in [0.717, 1.165) is 16.8 Å². The number of ether oxygens (including phenoxy) is 1. The van der Waals surface area contributed by atoms with E-state index in [1.54, 1.807) is 17.0 Å². The van der Waals surface area contributed by atoms with Crippen molar-refractivity contribution < 1.29 is 14.6 Å². The van der Waals surface area contributed by atoms with Crippen LogP contribution in [0.2, 0.25) is 19.6 Å². The topological polar surface area (TPSA) is 49.8 Å². The fourth-order valence-electron chi connectivity index (χ4n) is 3.52. The van der Waals surface area contributed by atoms with Gasteiger partial charge in [-0.3, -0.25) is 4.90 Å². The van der Waals surface area contributed by atoms with Crippen LogP contribution in [-0.4, -0.2) is 31.9 Å². The average Bonchev–Trinajstić information content (AvgIpc) is 2.75. The van der Waals surface area contributed by atoms with Gasteiger partial charge in [0.1, 0.15) is 19.9 Å². The van der Waals surface area contributed by atoms with Crippen molar-refractivity contribution in [2.45, 2.75) is 32.1 Å². The number of carbonyl (C=O) groups is 1. The van der Waals surface area contributed by atoms with Crippen molar-refractivity contribution in [1.82, 2.24) is 0 Å². The maximum atomic E-state index is 13.3. The number of rotatable bonds is 5. The number of nitrogens with zero attached hydrogens (tertiary/aromatic N) is 1. The molecule has 31 heavy (non-hydrogen) atoms. The van der Waals surface area contributed by atoms with Crippen LogP contribution in [0.4, 0.5) is 10.5 Å². The Labute approximate surface area is 185 Å². The first-order valence-electron chi connectivity index (χ1n) is 10.5. The minimum atomic E-state index is -1.68. The van der Waals surface area contributed by atoms with Crippen LogP contribution in [0.5, 0.6) is 5.75 Å². The molecule has 0 fully saturated rings. The second kappa shape index (κ2) is 9.82. The van der Waals surface area contributed by atoms with Gasteiger partial charge in [0.25, 0.3) is 0 Å². The van der Waals surface area contributed by atoms with Crippen LogP contribution in [0.15, 0.2) is 73.3 Å². The quantitative estimate of drug-likeness (QED) is 0.385. The molecule has 1 amide bonds. The van der Waals surface area contributed by atoms with Crippen molar-refractivity contribution in [2.24, 2.45) is 5.92 Å². The van der Waals surface area contributed by atoms with Crippen molar-refractivity contribution in [1.29, 1.82) is 0 Å². The van der Waals surface area contributed by atoms with Gasteiger partial charge in [0.15, 0.2) is 0 Å². The molecule has 0 bridgehead atoms. The van der Waals surface area contributed by atoms with Crippen molar-refractivity contribution in [3.05, 3.63) is 78.9 Å². The molecule has 0 aromatic heterocycles. The number of anilines is 1. The summed E-state index contributed by atoms with van der Waals surface area (Å²) in [5.41, 5.74) is 6.01. The third kappa shape index (κ3) is 5.55. The average molecular weight is 432 g/mol. The summed E-state index contributed by atoms with van der Waals surface area (Å²) in [5.74, 6) is 3.70. The number of amides is 1. The highest BCUT2D eigenvalue weighted by molar-refractivity contribution is 6.83. The minimum Gasteiger partial charge on any atom is -0.410 e. The van der Waals surface area contributed by atoms with Crippen LogP contribution in [0, 0.1) is 17.4 Å². The van der Waals surface area contributed by atoms with Crippen molar-refractivity contribution in [3.63, 3.8) is 0 Å². The molecule has 1 aliphatic heterocycles. The summed E-state index contributed by atoms with van der Waals surface area (Å²) in [4.78, 5) is 14.9. The largest absolute Gasteiger partial charge is 0.421 e. The molecule has 1 aliphatic rings. The first-order valence-corrected chi connectivity index (χ1v) is 14.0. The molecule has 4 nitrogen and oxygen atoms in total. The number of aliphatic hydroxyl groups is 1. The van der Waals surface area contributed by atoms with Crippen LogP contribution in [0.1, 0.15) is 12.0 Å². The molecule has 1 N–H and O–H groups in total. The normalized spacial score (nSPS) is 16.3. The zero-order valence-electron chi connectivity index (χ0n) is 18.3. The first kappa shape index (κ1) is 22.6. The lowest BCUT2D eigenvalue weighted by Gasteiger charge is -2.35. The number of hydrogen-bond donors (Lipinski definition) is 1. The van der Waals surface area contributed by atoms with Gasteiger partial charge >= 0.3 is 6.09 Å². The Bertz CT molecular complexity index is 1030. The Morgan fingerprint density at radius 1 is 1.19 bits per heavy atom. The van der Waals surface area contributed by atoms with Crippen LogP contribution in [0.25, 0.3) is 5.57 Å². The highest BCUT2D eigenvalue weighted by atomic mass is 28.3. The van der Waals surface area contributed by atoms with Crippen molar-refractivity contribution in [3.8, 4) is 17.2 Å². The van der Waals surface area contributed by atoms with E-state index in [1.807, 2.05) is 54.6 Å². The van der Waals surface area contributed by atoms with E-state index in [0.29, 0.717) is 12.2 Å². The molecule has 0 unspecified atom stereocenters. The number of benzene rings is 2. The van der Waals surface area contributed by atoms with E-state index < -0.39 is 20.2 Å². The molecule has 0 aliphatic carbocycles. The second-order valence-electron chi connectivity index (χ2n) is 8.56. The van der Waals surface area contributed by atoms with Gasteiger partial charge in [-0.1, -0.05) is 68.0 Å². The molecule has 3 rings (SSSR count). The Kier molecular flexibility index (Phi) is 7.16. The summed E-state index contributed by atoms with van der Waals surface area (Å²) < 4.78 is 5.68. The highest BCUT2D eigenvalue weighted by Gasteiger charge is 2.33. The van der Waals surface area contributed by atoms with Gasteiger partial charge in [0.2, 0.25) is 0 Å². The van der Waals surface area contributed by atoms with E-state index in [9.17, 15) is 9.90 Å². The molecule has 1 heterocycles. The third-order valence-electron chi connectivity index (χ3n) is 4.94. The number of para-hydroxylation sites is 2. The van der Waals surface area contributed by atoms with Crippen LogP contribution >= 0.6 is 0 Å². The molecule has 160 valence electrons. The second-order valence-corrected chi connectivity index (χ2v) is 13.3. The van der Waals surface area contributed by atoms with Crippen molar-refractivity contribution in [2.75, 3.05) is 11.5 Å². The standard InChI is InChI=1S/C26H29NO3Si/c1-5-11-20(19-28)24-18-21(16-17-31(2,3)4)27(25-15-10-9-14-23(24)25)26(29)30-22-12-7-6-8-13-22/h5-10,12-15,18,20-21,28H,1,11,19H2,2-4H3/t20-,21+/m1/s1. The van der Waals surface area contributed by atoms with Crippen molar-refractivity contribution >= 4 is 25.4 Å². The molecule has 2 aromatic carbocycles. The smallest absolute Gasteiger partial charge is 0.410 e. The molecule has 0 saturated carbocycles. The number of aliphatic hydroxyl groups excluding tert-OH is 1. The number of fused-ring (bicyclic) bond motifs is 1.